The lowest BCUT2D eigenvalue weighted by Crippen LogP contribution is -2.35. The molecule has 0 spiro atoms. The van der Waals surface area contributed by atoms with Crippen molar-refractivity contribution < 1.29 is 9.90 Å². The minimum Gasteiger partial charge on any atom is -0.393 e. The van der Waals surface area contributed by atoms with Crippen molar-refractivity contribution in [2.24, 2.45) is 5.41 Å². The van der Waals surface area contributed by atoms with Gasteiger partial charge in [0.15, 0.2) is 0 Å². The van der Waals surface area contributed by atoms with Crippen LogP contribution in [-0.2, 0) is 11.2 Å². The van der Waals surface area contributed by atoms with Gasteiger partial charge in [0.1, 0.15) is 0 Å². The van der Waals surface area contributed by atoms with Crippen LogP contribution in [0.2, 0.25) is 0 Å². The molecule has 18 heavy (non-hydrogen) atoms. The maximum atomic E-state index is 11.7. The van der Waals surface area contributed by atoms with Gasteiger partial charge in [0.25, 0.3) is 0 Å². The van der Waals surface area contributed by atoms with Gasteiger partial charge in [-0.25, -0.2) is 0 Å². The largest absolute Gasteiger partial charge is 0.393 e. The molecule has 0 aliphatic rings. The lowest BCUT2D eigenvalue weighted by atomic mass is 9.87. The average molecular weight is 269 g/mol. The zero-order valence-electron chi connectivity index (χ0n) is 11.4. The standard InChI is InChI=1S/C14H23NO2S/c1-11(16)9-14(2,3)10-15-13(17)7-6-12-5-4-8-18-12/h4-5,8,11,16H,6-7,9-10H2,1-3H3,(H,15,17). The summed E-state index contributed by atoms with van der Waals surface area (Å²) in [5, 5.41) is 14.3. The molecule has 1 rings (SSSR count). The first-order valence-corrected chi connectivity index (χ1v) is 7.24. The molecule has 0 radical (unpaired) electrons. The van der Waals surface area contributed by atoms with E-state index in [0.29, 0.717) is 19.4 Å². The molecule has 0 aliphatic heterocycles. The molecular weight excluding hydrogens is 246 g/mol. The summed E-state index contributed by atoms with van der Waals surface area (Å²) in [6, 6.07) is 4.05. The van der Waals surface area contributed by atoms with E-state index in [1.54, 1.807) is 18.3 Å². The third-order valence-corrected chi connectivity index (χ3v) is 3.73. The molecule has 2 N–H and O–H groups in total. The van der Waals surface area contributed by atoms with Crippen LogP contribution in [0.1, 0.15) is 38.5 Å². The van der Waals surface area contributed by atoms with Gasteiger partial charge in [-0.2, -0.15) is 0 Å². The SMILES string of the molecule is CC(O)CC(C)(C)CNC(=O)CCc1cccs1. The number of aryl methyl sites for hydroxylation is 1. The Morgan fingerprint density at radius 2 is 2.28 bits per heavy atom. The minimum atomic E-state index is -0.331. The second kappa shape index (κ2) is 6.90. The molecule has 1 heterocycles. The monoisotopic (exact) mass is 269 g/mol. The van der Waals surface area contributed by atoms with E-state index in [2.05, 4.69) is 25.2 Å². The molecule has 0 bridgehead atoms. The smallest absolute Gasteiger partial charge is 0.220 e. The molecular formula is C14H23NO2S. The van der Waals surface area contributed by atoms with Crippen molar-refractivity contribution >= 4 is 17.2 Å². The number of rotatable bonds is 7. The van der Waals surface area contributed by atoms with Crippen LogP contribution < -0.4 is 5.32 Å². The number of hydrogen-bond donors (Lipinski definition) is 2. The Morgan fingerprint density at radius 1 is 1.56 bits per heavy atom. The van der Waals surface area contributed by atoms with Crippen LogP contribution >= 0.6 is 11.3 Å². The van der Waals surface area contributed by atoms with Gasteiger partial charge in [-0.3, -0.25) is 4.79 Å². The Morgan fingerprint density at radius 3 is 2.83 bits per heavy atom. The van der Waals surface area contributed by atoms with Crippen LogP contribution in [0.25, 0.3) is 0 Å². The summed E-state index contributed by atoms with van der Waals surface area (Å²) in [5.74, 6) is 0.0852. The zero-order chi connectivity index (χ0) is 13.6. The van der Waals surface area contributed by atoms with Crippen molar-refractivity contribution in [3.8, 4) is 0 Å². The van der Waals surface area contributed by atoms with E-state index in [1.807, 2.05) is 11.4 Å². The van der Waals surface area contributed by atoms with E-state index in [1.165, 1.54) is 4.88 Å². The number of thiophene rings is 1. The van der Waals surface area contributed by atoms with Crippen molar-refractivity contribution in [3.05, 3.63) is 22.4 Å². The van der Waals surface area contributed by atoms with Crippen LogP contribution in [0.5, 0.6) is 0 Å². The summed E-state index contributed by atoms with van der Waals surface area (Å²) < 4.78 is 0. The molecule has 4 heteroatoms. The van der Waals surface area contributed by atoms with Crippen molar-refractivity contribution in [2.45, 2.75) is 46.1 Å². The quantitative estimate of drug-likeness (QED) is 0.799. The van der Waals surface area contributed by atoms with E-state index >= 15 is 0 Å². The molecule has 1 amide bonds. The lowest BCUT2D eigenvalue weighted by Gasteiger charge is -2.26. The summed E-state index contributed by atoms with van der Waals surface area (Å²) in [7, 11) is 0. The van der Waals surface area contributed by atoms with E-state index in [9.17, 15) is 9.90 Å². The van der Waals surface area contributed by atoms with Gasteiger partial charge in [-0.1, -0.05) is 19.9 Å². The highest BCUT2D eigenvalue weighted by Crippen LogP contribution is 2.21. The molecule has 0 aliphatic carbocycles. The Labute approximate surface area is 113 Å². The fourth-order valence-electron chi connectivity index (χ4n) is 1.99. The van der Waals surface area contributed by atoms with Crippen LogP contribution in [0.4, 0.5) is 0 Å². The Kier molecular flexibility index (Phi) is 5.82. The van der Waals surface area contributed by atoms with Crippen molar-refractivity contribution in [1.82, 2.24) is 5.32 Å². The second-order valence-corrected chi connectivity index (χ2v) is 6.61. The molecule has 0 saturated carbocycles. The Balaban J connectivity index is 2.24. The van der Waals surface area contributed by atoms with Crippen LogP contribution in [0, 0.1) is 5.41 Å². The number of aliphatic hydroxyl groups is 1. The summed E-state index contributed by atoms with van der Waals surface area (Å²) >= 11 is 1.68. The van der Waals surface area contributed by atoms with E-state index in [4.69, 9.17) is 0 Å². The van der Waals surface area contributed by atoms with Crippen LogP contribution in [0.15, 0.2) is 17.5 Å². The normalized spacial score (nSPS) is 13.3. The predicted octanol–water partition coefficient (Wildman–Crippen LogP) is 2.59. The van der Waals surface area contributed by atoms with Gasteiger partial charge in [0, 0.05) is 17.8 Å². The van der Waals surface area contributed by atoms with E-state index < -0.39 is 0 Å². The highest BCUT2D eigenvalue weighted by atomic mass is 32.1. The van der Waals surface area contributed by atoms with Gasteiger partial charge < -0.3 is 10.4 Å². The van der Waals surface area contributed by atoms with Gasteiger partial charge in [-0.05, 0) is 36.6 Å². The highest BCUT2D eigenvalue weighted by molar-refractivity contribution is 7.09. The summed E-state index contributed by atoms with van der Waals surface area (Å²) in [5.41, 5.74) is -0.0627. The number of carbonyl (C=O) groups is 1. The number of carbonyl (C=O) groups excluding carboxylic acids is 1. The number of amides is 1. The van der Waals surface area contributed by atoms with Crippen LogP contribution in [0.3, 0.4) is 0 Å². The van der Waals surface area contributed by atoms with Crippen molar-refractivity contribution in [2.75, 3.05) is 6.54 Å². The summed E-state index contributed by atoms with van der Waals surface area (Å²) in [6.45, 7) is 6.50. The first-order chi connectivity index (χ1) is 8.39. The third-order valence-electron chi connectivity index (χ3n) is 2.79. The number of aliphatic hydroxyl groups excluding tert-OH is 1. The maximum Gasteiger partial charge on any atom is 0.220 e. The fourth-order valence-corrected chi connectivity index (χ4v) is 2.70. The molecule has 1 unspecified atom stereocenters. The van der Waals surface area contributed by atoms with E-state index in [0.717, 1.165) is 6.42 Å². The molecule has 1 aromatic rings. The van der Waals surface area contributed by atoms with Gasteiger partial charge in [0.05, 0.1) is 6.10 Å². The second-order valence-electron chi connectivity index (χ2n) is 5.57. The zero-order valence-corrected chi connectivity index (χ0v) is 12.2. The Hall–Kier alpha value is -0.870. The van der Waals surface area contributed by atoms with Gasteiger partial charge in [-0.15, -0.1) is 11.3 Å². The predicted molar refractivity (Wildman–Crippen MR) is 75.7 cm³/mol. The molecule has 1 aromatic heterocycles. The van der Waals surface area contributed by atoms with Gasteiger partial charge in [0.2, 0.25) is 5.91 Å². The van der Waals surface area contributed by atoms with Gasteiger partial charge >= 0.3 is 0 Å². The first-order valence-electron chi connectivity index (χ1n) is 6.36. The molecule has 0 aromatic carbocycles. The Bertz CT molecular complexity index is 358. The summed E-state index contributed by atoms with van der Waals surface area (Å²) in [4.78, 5) is 12.9. The molecule has 102 valence electrons. The maximum absolute atomic E-state index is 11.7. The molecule has 1 atom stereocenters. The topological polar surface area (TPSA) is 49.3 Å². The molecule has 3 nitrogen and oxygen atoms in total. The highest BCUT2D eigenvalue weighted by Gasteiger charge is 2.20. The molecule has 0 saturated heterocycles. The summed E-state index contributed by atoms with van der Waals surface area (Å²) in [6.07, 6.45) is 1.70. The fraction of sp³-hybridized carbons (Fsp3) is 0.643. The lowest BCUT2D eigenvalue weighted by molar-refractivity contribution is -0.121. The van der Waals surface area contributed by atoms with Crippen molar-refractivity contribution in [3.63, 3.8) is 0 Å². The minimum absolute atomic E-state index is 0.0627. The first kappa shape index (κ1) is 15.2. The number of hydrogen-bond acceptors (Lipinski definition) is 3. The average Bonchev–Trinajstić information content (AvgIpc) is 2.74. The third kappa shape index (κ3) is 6.17. The van der Waals surface area contributed by atoms with Crippen molar-refractivity contribution in [1.29, 1.82) is 0 Å². The van der Waals surface area contributed by atoms with E-state index in [-0.39, 0.29) is 17.4 Å². The van der Waals surface area contributed by atoms with Crippen LogP contribution in [-0.4, -0.2) is 23.7 Å². The number of nitrogens with one attached hydrogen (secondary N) is 1. The molecule has 0 fully saturated rings.